The van der Waals surface area contributed by atoms with Gasteiger partial charge in [0.05, 0.1) is 17.6 Å². The average Bonchev–Trinajstić information content (AvgIpc) is 3.32. The van der Waals surface area contributed by atoms with E-state index >= 15 is 0 Å². The SMILES string of the molecule is c1cc(-c2ccc3c(c2)OCCO3)n2nc(Nc3ccc(OCCN4CCCCC4)nc3)nc2c1. The summed E-state index contributed by atoms with van der Waals surface area (Å²) < 4.78 is 19.0. The van der Waals surface area contributed by atoms with Crippen LogP contribution in [-0.2, 0) is 0 Å². The van der Waals surface area contributed by atoms with E-state index in [1.165, 1.54) is 32.4 Å². The Hall–Kier alpha value is -3.85. The summed E-state index contributed by atoms with van der Waals surface area (Å²) in [5.74, 6) is 2.63. The maximum atomic E-state index is 5.83. The van der Waals surface area contributed by atoms with Crippen LogP contribution in [0.25, 0.3) is 16.9 Å². The number of aromatic nitrogens is 4. The molecule has 180 valence electrons. The number of likely N-dealkylation sites (tertiary alicyclic amines) is 1. The molecule has 1 saturated heterocycles. The molecule has 1 N–H and O–H groups in total. The van der Waals surface area contributed by atoms with Crippen LogP contribution in [0.15, 0.2) is 54.7 Å². The maximum Gasteiger partial charge on any atom is 0.247 e. The molecule has 0 aliphatic carbocycles. The molecule has 2 aliphatic heterocycles. The van der Waals surface area contributed by atoms with Crippen molar-refractivity contribution in [3.8, 4) is 28.6 Å². The van der Waals surface area contributed by atoms with Gasteiger partial charge in [-0.1, -0.05) is 12.5 Å². The summed E-state index contributed by atoms with van der Waals surface area (Å²) in [7, 11) is 0. The molecule has 2 aliphatic rings. The van der Waals surface area contributed by atoms with Crippen molar-refractivity contribution in [2.24, 2.45) is 0 Å². The van der Waals surface area contributed by atoms with Gasteiger partial charge in [0.15, 0.2) is 17.1 Å². The molecular formula is C26H28N6O3. The zero-order valence-corrected chi connectivity index (χ0v) is 19.5. The van der Waals surface area contributed by atoms with Crippen LogP contribution < -0.4 is 19.5 Å². The minimum absolute atomic E-state index is 0.496. The molecule has 9 heteroatoms. The number of nitrogens with zero attached hydrogens (tertiary/aromatic N) is 5. The first-order valence-electron chi connectivity index (χ1n) is 12.2. The van der Waals surface area contributed by atoms with Gasteiger partial charge in [0.2, 0.25) is 11.8 Å². The third-order valence-electron chi connectivity index (χ3n) is 6.30. The molecule has 35 heavy (non-hydrogen) atoms. The fourth-order valence-corrected chi connectivity index (χ4v) is 4.51. The number of pyridine rings is 2. The summed E-state index contributed by atoms with van der Waals surface area (Å²) in [4.78, 5) is 11.5. The van der Waals surface area contributed by atoms with E-state index in [9.17, 15) is 0 Å². The number of piperidine rings is 1. The maximum absolute atomic E-state index is 5.83. The minimum Gasteiger partial charge on any atom is -0.486 e. The molecule has 5 heterocycles. The fourth-order valence-electron chi connectivity index (χ4n) is 4.51. The van der Waals surface area contributed by atoms with Gasteiger partial charge in [0, 0.05) is 18.2 Å². The summed E-state index contributed by atoms with van der Waals surface area (Å²) in [5.41, 5.74) is 3.43. The molecule has 0 radical (unpaired) electrons. The molecule has 4 aromatic rings. The second-order valence-corrected chi connectivity index (χ2v) is 8.74. The van der Waals surface area contributed by atoms with Crippen molar-refractivity contribution in [3.63, 3.8) is 0 Å². The predicted molar refractivity (Wildman–Crippen MR) is 133 cm³/mol. The van der Waals surface area contributed by atoms with Gasteiger partial charge in [0.25, 0.3) is 0 Å². The van der Waals surface area contributed by atoms with Crippen LogP contribution in [0.3, 0.4) is 0 Å². The zero-order valence-electron chi connectivity index (χ0n) is 19.5. The number of nitrogens with one attached hydrogen (secondary N) is 1. The van der Waals surface area contributed by atoms with Crippen molar-refractivity contribution < 1.29 is 14.2 Å². The summed E-state index contributed by atoms with van der Waals surface area (Å²) in [6, 6.07) is 15.6. The first-order valence-corrected chi connectivity index (χ1v) is 12.2. The highest BCUT2D eigenvalue weighted by Crippen LogP contribution is 2.34. The number of benzene rings is 1. The van der Waals surface area contributed by atoms with E-state index in [-0.39, 0.29) is 0 Å². The van der Waals surface area contributed by atoms with Crippen LogP contribution in [-0.4, -0.2) is 63.9 Å². The second kappa shape index (κ2) is 9.79. The molecule has 0 spiro atoms. The van der Waals surface area contributed by atoms with Gasteiger partial charge < -0.3 is 19.5 Å². The van der Waals surface area contributed by atoms with Gasteiger partial charge in [0.1, 0.15) is 19.8 Å². The molecular weight excluding hydrogens is 444 g/mol. The summed E-state index contributed by atoms with van der Waals surface area (Å²) in [6.07, 6.45) is 5.65. The Labute approximate surface area is 203 Å². The van der Waals surface area contributed by atoms with E-state index in [1.807, 2.05) is 53.0 Å². The monoisotopic (exact) mass is 472 g/mol. The van der Waals surface area contributed by atoms with Gasteiger partial charge in [-0.3, -0.25) is 4.90 Å². The highest BCUT2D eigenvalue weighted by atomic mass is 16.6. The van der Waals surface area contributed by atoms with E-state index in [0.717, 1.165) is 40.6 Å². The van der Waals surface area contributed by atoms with Crippen molar-refractivity contribution in [2.75, 3.05) is 44.8 Å². The number of anilines is 2. The van der Waals surface area contributed by atoms with Gasteiger partial charge >= 0.3 is 0 Å². The molecule has 1 aromatic carbocycles. The molecule has 6 rings (SSSR count). The first kappa shape index (κ1) is 21.7. The molecule has 3 aromatic heterocycles. The third-order valence-corrected chi connectivity index (χ3v) is 6.30. The Morgan fingerprint density at radius 3 is 2.69 bits per heavy atom. The minimum atomic E-state index is 0.496. The quantitative estimate of drug-likeness (QED) is 0.429. The highest BCUT2D eigenvalue weighted by molar-refractivity contribution is 5.67. The highest BCUT2D eigenvalue weighted by Gasteiger charge is 2.15. The van der Waals surface area contributed by atoms with Crippen molar-refractivity contribution in [1.29, 1.82) is 0 Å². The van der Waals surface area contributed by atoms with Crippen LogP contribution in [0.2, 0.25) is 0 Å². The standard InChI is InChI=1S/C26H28N6O3/c1-2-11-31(12-3-1)13-14-35-25-10-8-20(18-27-25)28-26-29-24-6-4-5-21(32(24)30-26)19-7-9-22-23(17-19)34-16-15-33-22/h4-10,17-18H,1-3,11-16H2,(H,28,30). The van der Waals surface area contributed by atoms with E-state index in [0.29, 0.717) is 31.6 Å². The number of fused-ring (bicyclic) bond motifs is 2. The average molecular weight is 473 g/mol. The topological polar surface area (TPSA) is 86.0 Å². The molecule has 0 amide bonds. The lowest BCUT2D eigenvalue weighted by molar-refractivity contribution is 0.171. The zero-order chi connectivity index (χ0) is 23.5. The summed E-state index contributed by atoms with van der Waals surface area (Å²) >= 11 is 0. The number of rotatable bonds is 7. The van der Waals surface area contributed by atoms with Crippen LogP contribution in [0.4, 0.5) is 11.6 Å². The Kier molecular flexibility index (Phi) is 6.06. The van der Waals surface area contributed by atoms with Crippen LogP contribution in [0.5, 0.6) is 17.4 Å². The van der Waals surface area contributed by atoms with E-state index in [1.54, 1.807) is 6.20 Å². The van der Waals surface area contributed by atoms with E-state index in [2.05, 4.69) is 25.3 Å². The lowest BCUT2D eigenvalue weighted by Gasteiger charge is -2.26. The van der Waals surface area contributed by atoms with Gasteiger partial charge in [-0.25, -0.2) is 9.50 Å². The number of hydrogen-bond donors (Lipinski definition) is 1. The number of ether oxygens (including phenoxy) is 3. The van der Waals surface area contributed by atoms with Crippen LogP contribution >= 0.6 is 0 Å². The van der Waals surface area contributed by atoms with Crippen LogP contribution in [0.1, 0.15) is 19.3 Å². The largest absolute Gasteiger partial charge is 0.486 e. The van der Waals surface area contributed by atoms with Gasteiger partial charge in [-0.05, 0) is 62.3 Å². The molecule has 9 nitrogen and oxygen atoms in total. The van der Waals surface area contributed by atoms with Gasteiger partial charge in [-0.15, -0.1) is 5.10 Å². The summed E-state index contributed by atoms with van der Waals surface area (Å²) in [6.45, 7) is 5.05. The third kappa shape index (κ3) is 4.85. The molecule has 1 fully saturated rings. The van der Waals surface area contributed by atoms with Crippen molar-refractivity contribution in [1.82, 2.24) is 24.5 Å². The lowest BCUT2D eigenvalue weighted by atomic mass is 10.1. The van der Waals surface area contributed by atoms with E-state index < -0.39 is 0 Å². The first-order chi connectivity index (χ1) is 17.3. The lowest BCUT2D eigenvalue weighted by Crippen LogP contribution is -2.33. The Balaban J connectivity index is 1.14. The normalized spacial score (nSPS) is 15.8. The van der Waals surface area contributed by atoms with Crippen LogP contribution in [0, 0.1) is 0 Å². The van der Waals surface area contributed by atoms with Gasteiger partial charge in [-0.2, -0.15) is 4.98 Å². The predicted octanol–water partition coefficient (Wildman–Crippen LogP) is 4.17. The molecule has 0 unspecified atom stereocenters. The van der Waals surface area contributed by atoms with E-state index in [4.69, 9.17) is 14.2 Å². The Bertz CT molecular complexity index is 1300. The summed E-state index contributed by atoms with van der Waals surface area (Å²) in [5, 5.41) is 7.92. The molecule has 0 bridgehead atoms. The molecule has 0 atom stereocenters. The fraction of sp³-hybridized carbons (Fsp3) is 0.346. The second-order valence-electron chi connectivity index (χ2n) is 8.74. The molecule has 0 saturated carbocycles. The van der Waals surface area contributed by atoms with Crippen molar-refractivity contribution in [3.05, 3.63) is 54.7 Å². The van der Waals surface area contributed by atoms with Crippen molar-refractivity contribution >= 4 is 17.3 Å². The van der Waals surface area contributed by atoms with Crippen molar-refractivity contribution in [2.45, 2.75) is 19.3 Å². The Morgan fingerprint density at radius 2 is 1.83 bits per heavy atom. The Morgan fingerprint density at radius 1 is 0.943 bits per heavy atom. The smallest absolute Gasteiger partial charge is 0.247 e. The number of hydrogen-bond acceptors (Lipinski definition) is 8.